The van der Waals surface area contributed by atoms with Crippen molar-refractivity contribution in [2.45, 2.75) is 0 Å². The molecule has 4 heteroatoms. The molecule has 9 rings (SSSR count). The quantitative estimate of drug-likeness (QED) is 0.183. The van der Waals surface area contributed by atoms with Crippen molar-refractivity contribution >= 4 is 60.9 Å². The molecule has 0 aliphatic carbocycles. The Balaban J connectivity index is 1.25. The number of fused-ring (bicyclic) bond motifs is 5. The van der Waals surface area contributed by atoms with Crippen LogP contribution in [0.25, 0.3) is 66.1 Å². The Morgan fingerprint density at radius 2 is 0.830 bits per heavy atom. The summed E-state index contributed by atoms with van der Waals surface area (Å²) in [6.45, 7) is 0. The van der Waals surface area contributed by atoms with Gasteiger partial charge in [0.05, 0.1) is 10.8 Å². The van der Waals surface area contributed by atoms with E-state index < -0.39 is 0 Å². The SMILES string of the molecule is O=c1c2ccccc2oc2cc3c(cc12)oc1ccc(N(c2cccc(-c4ccccc4)c2)c2cccc(-c4ccccc4)c2)cc13. The Hall–Kier alpha value is -6.39. The summed E-state index contributed by atoms with van der Waals surface area (Å²) in [6, 6.07) is 55.5. The molecule has 0 bridgehead atoms. The van der Waals surface area contributed by atoms with Crippen molar-refractivity contribution in [3.63, 3.8) is 0 Å². The summed E-state index contributed by atoms with van der Waals surface area (Å²) in [5, 5.41) is 2.90. The summed E-state index contributed by atoms with van der Waals surface area (Å²) < 4.78 is 12.6. The maximum atomic E-state index is 13.4. The molecule has 0 aliphatic heterocycles. The molecule has 9 aromatic rings. The van der Waals surface area contributed by atoms with Crippen molar-refractivity contribution in [1.29, 1.82) is 0 Å². The second-order valence-corrected chi connectivity index (χ2v) is 11.7. The first-order valence-electron chi connectivity index (χ1n) is 15.6. The molecule has 0 saturated carbocycles. The van der Waals surface area contributed by atoms with Gasteiger partial charge in [-0.05, 0) is 89.0 Å². The molecule has 2 heterocycles. The van der Waals surface area contributed by atoms with Crippen molar-refractivity contribution < 1.29 is 8.83 Å². The molecule has 2 aromatic heterocycles. The third-order valence-corrected chi connectivity index (χ3v) is 8.83. The highest BCUT2D eigenvalue weighted by Gasteiger charge is 2.18. The minimum absolute atomic E-state index is 0.0623. The van der Waals surface area contributed by atoms with Gasteiger partial charge in [0.1, 0.15) is 22.3 Å². The van der Waals surface area contributed by atoms with Crippen LogP contribution < -0.4 is 10.3 Å². The van der Waals surface area contributed by atoms with Gasteiger partial charge in [0, 0.05) is 27.8 Å². The van der Waals surface area contributed by atoms with Crippen molar-refractivity contribution in [3.05, 3.63) is 174 Å². The van der Waals surface area contributed by atoms with Crippen molar-refractivity contribution in [2.75, 3.05) is 4.90 Å². The van der Waals surface area contributed by atoms with E-state index in [2.05, 4.69) is 114 Å². The first-order valence-corrected chi connectivity index (χ1v) is 15.6. The smallest absolute Gasteiger partial charge is 0.200 e. The van der Waals surface area contributed by atoms with Crippen LogP contribution in [0.5, 0.6) is 0 Å². The average Bonchev–Trinajstić information content (AvgIpc) is 3.49. The fourth-order valence-corrected chi connectivity index (χ4v) is 6.56. The lowest BCUT2D eigenvalue weighted by Crippen LogP contribution is -2.10. The van der Waals surface area contributed by atoms with Crippen molar-refractivity contribution in [3.8, 4) is 22.3 Å². The van der Waals surface area contributed by atoms with Gasteiger partial charge in [-0.1, -0.05) is 97.1 Å². The van der Waals surface area contributed by atoms with Crippen LogP contribution in [0.1, 0.15) is 0 Å². The second-order valence-electron chi connectivity index (χ2n) is 11.7. The number of anilines is 3. The molecule has 0 N–H and O–H groups in total. The predicted molar refractivity (Wildman–Crippen MR) is 193 cm³/mol. The lowest BCUT2D eigenvalue weighted by Gasteiger charge is -2.26. The molecular formula is C43H27NO3. The van der Waals surface area contributed by atoms with E-state index in [-0.39, 0.29) is 5.43 Å². The number of hydrogen-bond donors (Lipinski definition) is 0. The van der Waals surface area contributed by atoms with Crippen LogP contribution in [0.2, 0.25) is 0 Å². The van der Waals surface area contributed by atoms with Gasteiger partial charge in [0.15, 0.2) is 0 Å². The van der Waals surface area contributed by atoms with Crippen molar-refractivity contribution in [2.24, 2.45) is 0 Å². The number of rotatable bonds is 5. The summed E-state index contributed by atoms with van der Waals surface area (Å²) in [5.74, 6) is 0. The van der Waals surface area contributed by atoms with Gasteiger partial charge in [-0.3, -0.25) is 4.79 Å². The van der Waals surface area contributed by atoms with Crippen LogP contribution in [0, 0.1) is 0 Å². The summed E-state index contributed by atoms with van der Waals surface area (Å²) in [7, 11) is 0. The summed E-state index contributed by atoms with van der Waals surface area (Å²) in [4.78, 5) is 15.6. The Morgan fingerprint density at radius 3 is 1.49 bits per heavy atom. The van der Waals surface area contributed by atoms with E-state index in [0.29, 0.717) is 27.5 Å². The molecule has 222 valence electrons. The first kappa shape index (κ1) is 27.0. The third-order valence-electron chi connectivity index (χ3n) is 8.83. The molecule has 0 saturated heterocycles. The molecule has 0 spiro atoms. The zero-order valence-electron chi connectivity index (χ0n) is 25.3. The van der Waals surface area contributed by atoms with Gasteiger partial charge in [0.2, 0.25) is 5.43 Å². The topological polar surface area (TPSA) is 46.6 Å². The number of para-hydroxylation sites is 1. The zero-order valence-corrected chi connectivity index (χ0v) is 25.3. The summed E-state index contributed by atoms with van der Waals surface area (Å²) in [5.41, 5.74) is 10.1. The summed E-state index contributed by atoms with van der Waals surface area (Å²) in [6.07, 6.45) is 0. The Morgan fingerprint density at radius 1 is 0.340 bits per heavy atom. The molecule has 0 unspecified atom stereocenters. The lowest BCUT2D eigenvalue weighted by atomic mass is 10.0. The minimum atomic E-state index is -0.0623. The van der Waals surface area contributed by atoms with Crippen LogP contribution in [-0.4, -0.2) is 0 Å². The van der Waals surface area contributed by atoms with E-state index in [1.807, 2.05) is 48.5 Å². The zero-order chi connectivity index (χ0) is 31.3. The highest BCUT2D eigenvalue weighted by molar-refractivity contribution is 6.11. The van der Waals surface area contributed by atoms with E-state index in [4.69, 9.17) is 8.83 Å². The number of benzene rings is 7. The second kappa shape index (κ2) is 10.9. The number of hydrogen-bond acceptors (Lipinski definition) is 4. The fraction of sp³-hybridized carbons (Fsp3) is 0. The van der Waals surface area contributed by atoms with Gasteiger partial charge < -0.3 is 13.7 Å². The standard InChI is InChI=1S/C43H27NO3/c45-43-35-19-7-8-20-39(35)46-42-26-37-36-25-34(21-22-40(36)47-41(37)27-38(42)43)44(32-17-9-15-30(23-32)28-11-3-1-4-12-28)33-18-10-16-31(24-33)29-13-5-2-6-14-29/h1-27H. The van der Waals surface area contributed by atoms with E-state index in [9.17, 15) is 4.79 Å². The van der Waals surface area contributed by atoms with Crippen LogP contribution in [0.4, 0.5) is 17.1 Å². The fourth-order valence-electron chi connectivity index (χ4n) is 6.56. The first-order chi connectivity index (χ1) is 23.2. The average molecular weight is 606 g/mol. The van der Waals surface area contributed by atoms with Crippen LogP contribution in [-0.2, 0) is 0 Å². The van der Waals surface area contributed by atoms with Gasteiger partial charge in [-0.25, -0.2) is 0 Å². The molecule has 0 radical (unpaired) electrons. The Kier molecular flexibility index (Phi) is 6.25. The molecule has 7 aromatic carbocycles. The lowest BCUT2D eigenvalue weighted by molar-refractivity contribution is 0.657. The molecule has 47 heavy (non-hydrogen) atoms. The van der Waals surface area contributed by atoms with Gasteiger partial charge >= 0.3 is 0 Å². The van der Waals surface area contributed by atoms with Gasteiger partial charge in [-0.2, -0.15) is 0 Å². The van der Waals surface area contributed by atoms with Gasteiger partial charge in [0.25, 0.3) is 0 Å². The van der Waals surface area contributed by atoms with E-state index >= 15 is 0 Å². The highest BCUT2D eigenvalue weighted by atomic mass is 16.3. The number of nitrogens with zero attached hydrogens (tertiary/aromatic N) is 1. The Labute approximate surface area is 270 Å². The van der Waals surface area contributed by atoms with Crippen molar-refractivity contribution in [1.82, 2.24) is 0 Å². The molecule has 0 atom stereocenters. The van der Waals surface area contributed by atoms with Crippen LogP contribution in [0.15, 0.2) is 177 Å². The van der Waals surface area contributed by atoms with E-state index in [1.54, 1.807) is 6.07 Å². The molecule has 0 amide bonds. The maximum absolute atomic E-state index is 13.4. The normalized spacial score (nSPS) is 11.5. The third kappa shape index (κ3) is 4.66. The molecule has 4 nitrogen and oxygen atoms in total. The highest BCUT2D eigenvalue weighted by Crippen LogP contribution is 2.41. The monoisotopic (exact) mass is 605 g/mol. The largest absolute Gasteiger partial charge is 0.456 e. The maximum Gasteiger partial charge on any atom is 0.200 e. The predicted octanol–water partition coefficient (Wildman–Crippen LogP) is 11.6. The minimum Gasteiger partial charge on any atom is -0.456 e. The molecule has 0 aliphatic rings. The summed E-state index contributed by atoms with van der Waals surface area (Å²) >= 11 is 0. The molecule has 0 fully saturated rings. The van der Waals surface area contributed by atoms with E-state index in [0.717, 1.165) is 55.7 Å². The molecular weight excluding hydrogens is 578 g/mol. The van der Waals surface area contributed by atoms with Gasteiger partial charge in [-0.15, -0.1) is 0 Å². The Bertz CT molecular complexity index is 2570. The van der Waals surface area contributed by atoms with Crippen LogP contribution >= 0.6 is 0 Å². The van der Waals surface area contributed by atoms with E-state index in [1.165, 1.54) is 0 Å². The number of furan rings is 1. The van der Waals surface area contributed by atoms with Crippen LogP contribution in [0.3, 0.4) is 0 Å².